The molecular weight excluding hydrogens is 462 g/mol. The summed E-state index contributed by atoms with van der Waals surface area (Å²) in [5.74, 6) is 3.36. The minimum Gasteiger partial charge on any atom is -0.380 e. The summed E-state index contributed by atoms with van der Waals surface area (Å²) >= 11 is 6.41. The van der Waals surface area contributed by atoms with Crippen LogP contribution in [0.1, 0.15) is 48.1 Å². The van der Waals surface area contributed by atoms with Crippen molar-refractivity contribution in [2.24, 2.45) is 5.41 Å². The van der Waals surface area contributed by atoms with Gasteiger partial charge >= 0.3 is 0 Å². The highest BCUT2D eigenvalue weighted by Gasteiger charge is 2.54. The van der Waals surface area contributed by atoms with Gasteiger partial charge in [0.15, 0.2) is 5.82 Å². The zero-order valence-corrected chi connectivity index (χ0v) is 20.2. The molecule has 8 nitrogen and oxygen atoms in total. The number of halogens is 1. The van der Waals surface area contributed by atoms with Crippen molar-refractivity contribution in [1.82, 2.24) is 24.6 Å². The SMILES string of the molecule is N#Cc1cccc(N2CC3(CC(c4nnc5n4-c4ccc(Cl)cc4CN([C@H]4CCOC4)C5)C3)C2)n1. The molecule has 2 saturated heterocycles. The topological polar surface area (TPSA) is 83.1 Å². The third-order valence-corrected chi connectivity index (χ3v) is 8.36. The van der Waals surface area contributed by atoms with Crippen LogP contribution < -0.4 is 4.90 Å². The fourth-order valence-electron chi connectivity index (χ4n) is 6.40. The number of hydrogen-bond donors (Lipinski definition) is 0. The van der Waals surface area contributed by atoms with Crippen molar-refractivity contribution >= 4 is 17.4 Å². The van der Waals surface area contributed by atoms with Crippen LogP contribution in [0.5, 0.6) is 0 Å². The van der Waals surface area contributed by atoms with E-state index in [1.165, 1.54) is 5.56 Å². The Balaban J connectivity index is 1.13. The maximum absolute atomic E-state index is 9.15. The van der Waals surface area contributed by atoms with Gasteiger partial charge in [-0.2, -0.15) is 5.26 Å². The average molecular weight is 488 g/mol. The second-order valence-electron chi connectivity index (χ2n) is 10.5. The van der Waals surface area contributed by atoms with E-state index >= 15 is 0 Å². The number of fused-ring (bicyclic) bond motifs is 3. The summed E-state index contributed by atoms with van der Waals surface area (Å²) in [7, 11) is 0. The molecule has 35 heavy (non-hydrogen) atoms. The lowest BCUT2D eigenvalue weighted by Crippen LogP contribution is -2.62. The van der Waals surface area contributed by atoms with E-state index in [4.69, 9.17) is 26.7 Å². The number of aromatic nitrogens is 4. The molecule has 0 N–H and O–H groups in total. The number of hydrogen-bond acceptors (Lipinski definition) is 7. The molecule has 0 amide bonds. The highest BCUT2D eigenvalue weighted by Crippen LogP contribution is 2.56. The summed E-state index contributed by atoms with van der Waals surface area (Å²) in [5.41, 5.74) is 3.15. The van der Waals surface area contributed by atoms with E-state index in [0.717, 1.165) is 86.8 Å². The predicted molar refractivity (Wildman–Crippen MR) is 130 cm³/mol. The number of benzene rings is 1. The van der Waals surface area contributed by atoms with Gasteiger partial charge in [-0.1, -0.05) is 17.7 Å². The Morgan fingerprint density at radius 1 is 1.11 bits per heavy atom. The van der Waals surface area contributed by atoms with E-state index in [-0.39, 0.29) is 0 Å². The summed E-state index contributed by atoms with van der Waals surface area (Å²) in [5, 5.41) is 19.3. The molecule has 5 heterocycles. The van der Waals surface area contributed by atoms with Gasteiger partial charge in [0.05, 0.1) is 18.8 Å². The molecule has 9 heteroatoms. The zero-order chi connectivity index (χ0) is 23.6. The zero-order valence-electron chi connectivity index (χ0n) is 19.4. The normalized spacial score (nSPS) is 23.2. The summed E-state index contributed by atoms with van der Waals surface area (Å²) in [4.78, 5) is 9.20. The Labute approximate surface area is 209 Å². The number of anilines is 1. The molecule has 0 bridgehead atoms. The first kappa shape index (κ1) is 21.3. The van der Waals surface area contributed by atoms with Crippen LogP contribution in [0.4, 0.5) is 5.82 Å². The molecule has 0 radical (unpaired) electrons. The van der Waals surface area contributed by atoms with Crippen LogP contribution in [0.25, 0.3) is 5.69 Å². The Kier molecular flexibility index (Phi) is 4.88. The lowest BCUT2D eigenvalue weighted by molar-refractivity contribution is 0.0581. The van der Waals surface area contributed by atoms with Crippen molar-refractivity contribution in [3.8, 4) is 11.8 Å². The van der Waals surface area contributed by atoms with E-state index in [9.17, 15) is 0 Å². The Morgan fingerprint density at radius 2 is 2.00 bits per heavy atom. The van der Waals surface area contributed by atoms with E-state index in [0.29, 0.717) is 23.1 Å². The van der Waals surface area contributed by atoms with Gasteiger partial charge in [0.1, 0.15) is 23.4 Å². The third-order valence-electron chi connectivity index (χ3n) is 8.13. The lowest BCUT2D eigenvalue weighted by Gasteiger charge is -2.59. The molecule has 4 aliphatic rings. The molecule has 1 spiro atoms. The van der Waals surface area contributed by atoms with Gasteiger partial charge in [-0.25, -0.2) is 4.98 Å². The number of pyridine rings is 1. The van der Waals surface area contributed by atoms with Crippen molar-refractivity contribution in [2.75, 3.05) is 31.2 Å². The van der Waals surface area contributed by atoms with Crippen LogP contribution in [0.15, 0.2) is 36.4 Å². The van der Waals surface area contributed by atoms with Gasteiger partial charge in [-0.05, 0) is 55.2 Å². The monoisotopic (exact) mass is 487 g/mol. The van der Waals surface area contributed by atoms with E-state index in [2.05, 4.69) is 42.7 Å². The van der Waals surface area contributed by atoms with Crippen molar-refractivity contribution in [3.63, 3.8) is 0 Å². The Morgan fingerprint density at radius 3 is 2.80 bits per heavy atom. The molecule has 1 aromatic carbocycles. The first-order valence-electron chi connectivity index (χ1n) is 12.3. The molecule has 3 fully saturated rings. The molecule has 0 unspecified atom stereocenters. The molecule has 3 aliphatic heterocycles. The van der Waals surface area contributed by atoms with E-state index in [1.54, 1.807) is 6.07 Å². The predicted octanol–water partition coefficient (Wildman–Crippen LogP) is 3.68. The van der Waals surface area contributed by atoms with Crippen LogP contribution in [-0.2, 0) is 17.8 Å². The largest absolute Gasteiger partial charge is 0.380 e. The van der Waals surface area contributed by atoms with E-state index in [1.807, 2.05) is 18.2 Å². The van der Waals surface area contributed by atoms with Gasteiger partial charge < -0.3 is 9.64 Å². The van der Waals surface area contributed by atoms with Crippen molar-refractivity contribution in [1.29, 1.82) is 5.26 Å². The third kappa shape index (κ3) is 3.53. The Bertz CT molecular complexity index is 1330. The van der Waals surface area contributed by atoms with Crippen LogP contribution >= 0.6 is 11.6 Å². The molecule has 3 aromatic rings. The van der Waals surface area contributed by atoms with Crippen LogP contribution in [0.3, 0.4) is 0 Å². The summed E-state index contributed by atoms with van der Waals surface area (Å²) < 4.78 is 7.98. The molecule has 7 rings (SSSR count). The molecule has 2 aromatic heterocycles. The van der Waals surface area contributed by atoms with Gasteiger partial charge in [0.2, 0.25) is 0 Å². The fraction of sp³-hybridized carbons (Fsp3) is 0.462. The quantitative estimate of drug-likeness (QED) is 0.557. The van der Waals surface area contributed by atoms with E-state index < -0.39 is 0 Å². The van der Waals surface area contributed by atoms with Crippen LogP contribution in [0.2, 0.25) is 5.02 Å². The average Bonchev–Trinajstić information content (AvgIpc) is 3.45. The summed E-state index contributed by atoms with van der Waals surface area (Å²) in [6.45, 7) is 5.15. The minimum absolute atomic E-state index is 0.308. The minimum atomic E-state index is 0.308. The van der Waals surface area contributed by atoms with Gasteiger partial charge in [-0.15, -0.1) is 10.2 Å². The van der Waals surface area contributed by atoms with Crippen molar-refractivity contribution in [3.05, 3.63) is 64.3 Å². The smallest absolute Gasteiger partial charge is 0.151 e. The molecule has 178 valence electrons. The lowest BCUT2D eigenvalue weighted by atomic mass is 9.57. The molecular formula is C26H26ClN7O. The Hall–Kier alpha value is -2.99. The van der Waals surface area contributed by atoms with Gasteiger partial charge in [-0.3, -0.25) is 9.47 Å². The van der Waals surface area contributed by atoms with Gasteiger partial charge in [0, 0.05) is 48.6 Å². The maximum Gasteiger partial charge on any atom is 0.151 e. The second-order valence-corrected chi connectivity index (χ2v) is 10.9. The number of nitriles is 1. The van der Waals surface area contributed by atoms with Gasteiger partial charge in [0.25, 0.3) is 0 Å². The summed E-state index contributed by atoms with van der Waals surface area (Å²) in [6, 6.07) is 14.4. The number of nitrogens with zero attached hydrogens (tertiary/aromatic N) is 7. The molecule has 1 atom stereocenters. The van der Waals surface area contributed by atoms with Crippen LogP contribution in [-0.4, -0.2) is 57.0 Å². The first-order chi connectivity index (χ1) is 17.1. The summed E-state index contributed by atoms with van der Waals surface area (Å²) in [6.07, 6.45) is 3.25. The highest BCUT2D eigenvalue weighted by molar-refractivity contribution is 6.30. The highest BCUT2D eigenvalue weighted by atomic mass is 35.5. The standard InChI is InChI=1S/C26H26ClN7O/c27-19-4-5-22-17(8-19)12-32(21-6-7-35-14-21)13-24-30-31-25(34(22)24)18-9-26(10-18)15-33(16-26)23-3-1-2-20(11-28)29-23/h1-5,8,18,21H,6-7,9-10,12-16H2/t21-/m0/s1. The maximum atomic E-state index is 9.15. The van der Waals surface area contributed by atoms with Crippen molar-refractivity contribution < 1.29 is 4.74 Å². The second kappa shape index (κ2) is 8.02. The number of rotatable bonds is 3. The molecule has 1 saturated carbocycles. The molecule has 1 aliphatic carbocycles. The number of ether oxygens (including phenoxy) is 1. The van der Waals surface area contributed by atoms with Crippen LogP contribution in [0, 0.1) is 16.7 Å². The fourth-order valence-corrected chi connectivity index (χ4v) is 6.59. The van der Waals surface area contributed by atoms with Crippen molar-refractivity contribution in [2.45, 2.75) is 44.3 Å². The first-order valence-corrected chi connectivity index (χ1v) is 12.7.